The summed E-state index contributed by atoms with van der Waals surface area (Å²) < 4.78 is 126. The third kappa shape index (κ3) is 64.7. The van der Waals surface area contributed by atoms with Crippen molar-refractivity contribution in [1.29, 1.82) is 0 Å². The van der Waals surface area contributed by atoms with Crippen molar-refractivity contribution in [2.24, 2.45) is 0 Å². The molecule has 0 bridgehead atoms. The van der Waals surface area contributed by atoms with Crippen LogP contribution in [0.1, 0.15) is 104 Å². The zero-order valence-corrected chi connectivity index (χ0v) is 50.1. The molecular weight excluding hydrogens is 1050 g/mol. The maximum atomic E-state index is 11.2. The van der Waals surface area contributed by atoms with Crippen molar-refractivity contribution >= 4 is 5.97 Å². The van der Waals surface area contributed by atoms with Crippen LogP contribution >= 0.6 is 0 Å². The first-order chi connectivity index (χ1) is 38.3. The lowest BCUT2D eigenvalue weighted by Gasteiger charge is -2.09. The van der Waals surface area contributed by atoms with E-state index in [1.54, 1.807) is 42.7 Å². The molecule has 6 saturated heterocycles. The zero-order valence-electron chi connectivity index (χ0n) is 50.1. The molecule has 0 aromatic rings. The number of epoxide rings is 6. The van der Waals surface area contributed by atoms with Gasteiger partial charge in [0.15, 0.2) is 0 Å². The van der Waals surface area contributed by atoms with Crippen molar-refractivity contribution in [2.45, 2.75) is 140 Å². The molecule has 0 aromatic carbocycles. The smallest absolute Gasteiger partial charge is 0.342 e. The number of carbonyl (C=O) groups excluding carboxylic acids is 1. The second-order valence-electron chi connectivity index (χ2n) is 18.8. The summed E-state index contributed by atoms with van der Waals surface area (Å²) >= 11 is 0. The molecule has 0 amide bonds. The zero-order chi connectivity index (χ0) is 58.9. The summed E-state index contributed by atoms with van der Waals surface area (Å²) in [5, 5.41) is 0. The Kier molecular flexibility index (Phi) is 57.3. The molecule has 6 unspecified atom stereocenters. The van der Waals surface area contributed by atoms with E-state index in [9.17, 15) is 18.0 Å². The lowest BCUT2D eigenvalue weighted by atomic mass is 10.1. The van der Waals surface area contributed by atoms with Crippen LogP contribution in [-0.2, 0) is 94.8 Å². The predicted octanol–water partition coefficient (Wildman–Crippen LogP) is 8.49. The fourth-order valence-electron chi connectivity index (χ4n) is 5.46. The molecule has 0 radical (unpaired) electrons. The number of unbranched alkanes of at least 4 members (excludes halogenated alkanes) is 7. The molecule has 6 aliphatic rings. The monoisotopic (exact) mass is 1160 g/mol. The van der Waals surface area contributed by atoms with Gasteiger partial charge in [0.05, 0.1) is 106 Å². The summed E-state index contributed by atoms with van der Waals surface area (Å²) in [5.74, 6) is -0.164. The number of ether oxygens (including phenoxy) is 19. The van der Waals surface area contributed by atoms with Crippen LogP contribution in [0.25, 0.3) is 0 Å². The Balaban J connectivity index is 0. The van der Waals surface area contributed by atoms with E-state index < -0.39 is 12.1 Å². The fourth-order valence-corrected chi connectivity index (χ4v) is 5.46. The molecule has 20 nitrogen and oxygen atoms in total. The second-order valence-corrected chi connectivity index (χ2v) is 18.8. The molecule has 0 N–H and O–H groups in total. The molecule has 23 heteroatoms. The molecule has 79 heavy (non-hydrogen) atoms. The number of hydrogen-bond donors (Lipinski definition) is 0. The van der Waals surface area contributed by atoms with Crippen molar-refractivity contribution in [3.63, 3.8) is 0 Å². The Morgan fingerprint density at radius 1 is 0.519 bits per heavy atom. The van der Waals surface area contributed by atoms with Crippen LogP contribution in [-0.4, -0.2) is 237 Å². The highest BCUT2D eigenvalue weighted by molar-refractivity contribution is 5.69. The molecule has 0 aromatic heterocycles. The molecular formula is C56H107F3O20. The van der Waals surface area contributed by atoms with Gasteiger partial charge in [-0.1, -0.05) is 52.5 Å². The Labute approximate surface area is 472 Å². The molecule has 6 heterocycles. The van der Waals surface area contributed by atoms with E-state index in [0.717, 1.165) is 151 Å². The van der Waals surface area contributed by atoms with E-state index in [1.807, 2.05) is 0 Å². The van der Waals surface area contributed by atoms with Gasteiger partial charge in [-0.05, 0) is 51.9 Å². The average Bonchev–Trinajstić information content (AvgIpc) is 4.24. The number of carbonyl (C=O) groups is 1. The van der Waals surface area contributed by atoms with Gasteiger partial charge < -0.3 is 90.0 Å². The summed E-state index contributed by atoms with van der Waals surface area (Å²) in [4.78, 5) is 10.9. The third-order valence-corrected chi connectivity index (χ3v) is 11.0. The van der Waals surface area contributed by atoms with Gasteiger partial charge in [0.25, 0.3) is 0 Å². The van der Waals surface area contributed by atoms with Gasteiger partial charge in [-0.3, -0.25) is 4.79 Å². The van der Waals surface area contributed by atoms with Crippen molar-refractivity contribution in [3.05, 3.63) is 24.9 Å². The van der Waals surface area contributed by atoms with Crippen LogP contribution in [0.4, 0.5) is 13.2 Å². The van der Waals surface area contributed by atoms with Gasteiger partial charge in [-0.25, -0.2) is 0 Å². The topological polar surface area (TPSA) is 212 Å². The van der Waals surface area contributed by atoms with Crippen LogP contribution in [0.5, 0.6) is 0 Å². The van der Waals surface area contributed by atoms with Crippen LogP contribution < -0.4 is 0 Å². The highest BCUT2D eigenvalue weighted by Gasteiger charge is 2.43. The first-order valence-electron chi connectivity index (χ1n) is 27.9. The minimum Gasteiger partial charge on any atom is -0.499 e. The number of esters is 1. The maximum absolute atomic E-state index is 11.2. The molecule has 6 fully saturated rings. The van der Waals surface area contributed by atoms with E-state index in [1.165, 1.54) is 44.8 Å². The Morgan fingerprint density at radius 2 is 0.949 bits per heavy atom. The van der Waals surface area contributed by atoms with Gasteiger partial charge in [0, 0.05) is 88.7 Å². The van der Waals surface area contributed by atoms with Crippen LogP contribution in [0.3, 0.4) is 0 Å². The summed E-state index contributed by atoms with van der Waals surface area (Å²) in [5.41, 5.74) is 0.167. The van der Waals surface area contributed by atoms with Crippen molar-refractivity contribution < 1.29 is 108 Å². The van der Waals surface area contributed by atoms with E-state index >= 15 is 0 Å². The van der Waals surface area contributed by atoms with Crippen LogP contribution in [0, 0.1) is 0 Å². The van der Waals surface area contributed by atoms with Crippen molar-refractivity contribution in [3.8, 4) is 0 Å². The number of methoxy groups -OCH3 is 7. The van der Waals surface area contributed by atoms with E-state index in [2.05, 4.69) is 36.8 Å². The minimum absolute atomic E-state index is 0.0516. The van der Waals surface area contributed by atoms with Gasteiger partial charge in [0.2, 0.25) is 0 Å². The highest BCUT2D eigenvalue weighted by atomic mass is 19.3. The lowest BCUT2D eigenvalue weighted by molar-refractivity contribution is -0.144. The molecule has 6 rings (SSSR count). The summed E-state index contributed by atoms with van der Waals surface area (Å²) in [6, 6.07) is -1.82. The largest absolute Gasteiger partial charge is 0.499 e. The first-order valence-corrected chi connectivity index (χ1v) is 27.9. The number of halogens is 3. The van der Waals surface area contributed by atoms with Gasteiger partial charge >= 0.3 is 18.1 Å². The Hall–Kier alpha value is -2.30. The molecule has 0 saturated carbocycles. The fraction of sp³-hybridized carbons (Fsp3) is 0.911. The minimum atomic E-state index is -2.43. The van der Waals surface area contributed by atoms with Crippen LogP contribution in [0.2, 0.25) is 0 Å². The highest BCUT2D eigenvalue weighted by Crippen LogP contribution is 2.30. The second kappa shape index (κ2) is 57.5. The van der Waals surface area contributed by atoms with E-state index in [4.69, 9.17) is 80.5 Å². The normalized spacial score (nSPS) is 21.5. The van der Waals surface area contributed by atoms with Crippen molar-refractivity contribution in [2.75, 3.05) is 195 Å². The average molecular weight is 1160 g/mol. The maximum Gasteiger partial charge on any atom is 0.342 e. The number of hydrogen-bond acceptors (Lipinski definition) is 20. The molecule has 472 valence electrons. The third-order valence-electron chi connectivity index (χ3n) is 11.0. The summed E-state index contributed by atoms with van der Waals surface area (Å²) in [6.45, 7) is 26.7. The lowest BCUT2D eigenvalue weighted by Crippen LogP contribution is -2.18. The quantitative estimate of drug-likeness (QED) is 0.0243. The summed E-state index contributed by atoms with van der Waals surface area (Å²) in [7, 11) is 10.9. The molecule has 0 aliphatic carbocycles. The van der Waals surface area contributed by atoms with Gasteiger partial charge in [-0.2, -0.15) is 13.2 Å². The number of rotatable bonds is 42. The predicted molar refractivity (Wildman–Crippen MR) is 292 cm³/mol. The van der Waals surface area contributed by atoms with Crippen molar-refractivity contribution in [1.82, 2.24) is 0 Å². The van der Waals surface area contributed by atoms with E-state index in [0.29, 0.717) is 64.4 Å². The first kappa shape index (κ1) is 78.8. The molecule has 6 aliphatic heterocycles. The van der Waals surface area contributed by atoms with Crippen LogP contribution in [0.15, 0.2) is 24.9 Å². The SMILES string of the molecule is C=COCCOC.CCCCCCOCC1(CC)CO1.COC(F)=C(F)F.COCC1CO1.COCCCC(=O)OCC1CO1.COCCCCCCOCC1(C)CO1.COCCCCOCC1CO1.COCCOCC1CO1. The van der Waals surface area contributed by atoms with E-state index in [-0.39, 0.29) is 23.3 Å². The molecule has 0 spiro atoms. The Bertz CT molecular complexity index is 1330. The van der Waals surface area contributed by atoms with Gasteiger partial charge in [-0.15, -0.1) is 0 Å². The van der Waals surface area contributed by atoms with Gasteiger partial charge in [0.1, 0.15) is 48.8 Å². The Morgan fingerprint density at radius 3 is 1.37 bits per heavy atom. The standard InChI is InChI=1S/C11H22O3.C11H22O2.C8H14O4.C8H16O3.C6H12O3.C5H10O2.C4H8O2.C3H3F3O/c1-11(10-14-11)9-13-8-6-4-3-5-7-12-2;1-3-5-6-7-8-12-9-11(4-2)10-13-11;1-10-4-2-3-8(9)12-6-7-5-11-7;1-9-4-2-3-5-10-6-8-7-11-8;1-7-2-3-8-4-6-5-9-6;1-3-7-5-4-6-2;1-5-2-4-3-6-4;1-7-3(6)2(4)5/h3-10H2,1-2H3;3-10H2,1-2H3;7H,2-6H2,1H3;8H,2-7H2,1H3;6H,2-5H2,1H3;3H,1,4-5H2,2H3;4H,2-3H2,1H3;1H3. The summed E-state index contributed by atoms with van der Waals surface area (Å²) in [6.07, 6.45) is 14.7. The molecule has 6 atom stereocenters.